The van der Waals surface area contributed by atoms with E-state index < -0.39 is 5.41 Å². The van der Waals surface area contributed by atoms with Crippen LogP contribution in [0, 0.1) is 0 Å². The second kappa shape index (κ2) is 11.4. The number of rotatable bonds is 2. The number of hydrogen-bond donors (Lipinski definition) is 0. The summed E-state index contributed by atoms with van der Waals surface area (Å²) in [4.78, 5) is 5.15. The van der Waals surface area contributed by atoms with Gasteiger partial charge in [0.15, 0.2) is 0 Å². The highest BCUT2D eigenvalue weighted by atomic mass is 15.2. The highest BCUT2D eigenvalue weighted by Crippen LogP contribution is 2.66. The molecule has 7 aromatic rings. The van der Waals surface area contributed by atoms with Gasteiger partial charge in [-0.05, 0) is 110 Å². The van der Waals surface area contributed by atoms with Crippen LogP contribution in [0.3, 0.4) is 0 Å². The fourth-order valence-electron chi connectivity index (χ4n) is 11.6. The first kappa shape index (κ1) is 32.8. The lowest BCUT2D eigenvalue weighted by Crippen LogP contribution is -2.35. The monoisotopic (exact) mass is 732 g/mol. The van der Waals surface area contributed by atoms with Crippen molar-refractivity contribution < 1.29 is 0 Å². The van der Waals surface area contributed by atoms with Gasteiger partial charge >= 0.3 is 0 Å². The van der Waals surface area contributed by atoms with Gasteiger partial charge in [-0.2, -0.15) is 0 Å². The van der Waals surface area contributed by atoms with Crippen LogP contribution in [0.1, 0.15) is 79.5 Å². The highest BCUT2D eigenvalue weighted by molar-refractivity contribution is 6.01. The van der Waals surface area contributed by atoms with E-state index in [0.29, 0.717) is 0 Å². The lowest BCUT2D eigenvalue weighted by atomic mass is 9.70. The summed E-state index contributed by atoms with van der Waals surface area (Å²) in [6, 6.07) is 60.0. The van der Waals surface area contributed by atoms with Crippen molar-refractivity contribution in [1.29, 1.82) is 0 Å². The van der Waals surface area contributed by atoms with Crippen molar-refractivity contribution in [2.24, 2.45) is 0 Å². The van der Waals surface area contributed by atoms with Gasteiger partial charge in [-0.15, -0.1) is 0 Å². The van der Waals surface area contributed by atoms with Crippen LogP contribution in [0.5, 0.6) is 0 Å². The molecule has 274 valence electrons. The largest absolute Gasteiger partial charge is 0.313 e. The third kappa shape index (κ3) is 4.05. The Labute approximate surface area is 336 Å². The summed E-state index contributed by atoms with van der Waals surface area (Å²) in [5.74, 6) is 0. The molecule has 2 heterocycles. The first-order valence-electron chi connectivity index (χ1n) is 20.6. The maximum Gasteiger partial charge on any atom is 0.0727 e. The molecule has 3 aliphatic carbocycles. The first-order valence-corrected chi connectivity index (χ1v) is 20.6. The zero-order valence-electron chi connectivity index (χ0n) is 33.0. The number of anilines is 5. The van der Waals surface area contributed by atoms with E-state index in [4.69, 9.17) is 0 Å². The third-order valence-corrected chi connectivity index (χ3v) is 14.1. The Morgan fingerprint density at radius 1 is 0.421 bits per heavy atom. The van der Waals surface area contributed by atoms with Gasteiger partial charge in [0.1, 0.15) is 0 Å². The van der Waals surface area contributed by atoms with Gasteiger partial charge in [0.2, 0.25) is 0 Å². The smallest absolute Gasteiger partial charge is 0.0727 e. The molecule has 57 heavy (non-hydrogen) atoms. The van der Waals surface area contributed by atoms with Gasteiger partial charge in [0, 0.05) is 33.5 Å². The van der Waals surface area contributed by atoms with Crippen LogP contribution in [0.25, 0.3) is 22.3 Å². The Bertz CT molecular complexity index is 2890. The SMILES string of the molecule is CC1(C)C2=C(CCC=C2)N(c2cccc3c2-c2ccccc2C32c3ccccc3-c3ccc(N4c5ccccc5C(C)(C)c5ccccc54)cc32)c2ccccc21. The van der Waals surface area contributed by atoms with Crippen LogP contribution < -0.4 is 9.80 Å². The Kier molecular flexibility index (Phi) is 6.54. The molecule has 1 atom stereocenters. The van der Waals surface area contributed by atoms with Crippen molar-refractivity contribution in [2.45, 2.75) is 56.8 Å². The molecule has 0 saturated heterocycles. The van der Waals surface area contributed by atoms with Crippen molar-refractivity contribution in [3.8, 4) is 22.3 Å². The minimum Gasteiger partial charge on any atom is -0.313 e. The maximum atomic E-state index is 2.63. The molecule has 5 aliphatic rings. The van der Waals surface area contributed by atoms with Crippen LogP contribution in [-0.2, 0) is 16.2 Å². The first-order chi connectivity index (χ1) is 27.8. The van der Waals surface area contributed by atoms with Crippen molar-refractivity contribution in [1.82, 2.24) is 0 Å². The molecule has 0 radical (unpaired) electrons. The van der Waals surface area contributed by atoms with Gasteiger partial charge in [-0.1, -0.05) is 161 Å². The zero-order valence-corrected chi connectivity index (χ0v) is 33.0. The van der Waals surface area contributed by atoms with Gasteiger partial charge in [-0.3, -0.25) is 0 Å². The average Bonchev–Trinajstić information content (AvgIpc) is 3.72. The lowest BCUT2D eigenvalue weighted by molar-refractivity contribution is 0.603. The number of hydrogen-bond acceptors (Lipinski definition) is 2. The van der Waals surface area contributed by atoms with Crippen molar-refractivity contribution in [3.05, 3.63) is 220 Å². The minimum absolute atomic E-state index is 0.0862. The predicted octanol–water partition coefficient (Wildman–Crippen LogP) is 14.2. The molecular formula is C55H44N2. The molecule has 7 aromatic carbocycles. The van der Waals surface area contributed by atoms with E-state index in [1.54, 1.807) is 0 Å². The summed E-state index contributed by atoms with van der Waals surface area (Å²) < 4.78 is 0. The van der Waals surface area contributed by atoms with Gasteiger partial charge in [0.25, 0.3) is 0 Å². The summed E-state index contributed by atoms with van der Waals surface area (Å²) in [6.45, 7) is 9.53. The van der Waals surface area contributed by atoms with E-state index in [0.717, 1.165) is 12.8 Å². The van der Waals surface area contributed by atoms with Crippen molar-refractivity contribution in [3.63, 3.8) is 0 Å². The maximum absolute atomic E-state index is 2.63. The second-order valence-corrected chi connectivity index (χ2v) is 17.5. The predicted molar refractivity (Wildman–Crippen MR) is 237 cm³/mol. The topological polar surface area (TPSA) is 6.48 Å². The molecule has 1 unspecified atom stereocenters. The van der Waals surface area contributed by atoms with E-state index in [-0.39, 0.29) is 10.8 Å². The second-order valence-electron chi connectivity index (χ2n) is 17.5. The summed E-state index contributed by atoms with van der Waals surface area (Å²) in [6.07, 6.45) is 6.84. The quantitative estimate of drug-likeness (QED) is 0.175. The average molecular weight is 733 g/mol. The molecule has 2 aliphatic heterocycles. The number of benzene rings is 7. The molecule has 12 rings (SSSR count). The summed E-state index contributed by atoms with van der Waals surface area (Å²) in [5, 5.41) is 0. The van der Waals surface area contributed by atoms with Crippen LogP contribution in [0.2, 0.25) is 0 Å². The molecule has 0 amide bonds. The molecule has 0 saturated carbocycles. The number of nitrogens with zero attached hydrogens (tertiary/aromatic N) is 2. The van der Waals surface area contributed by atoms with E-state index in [1.807, 2.05) is 0 Å². The Hall–Kier alpha value is -6.38. The molecule has 0 bridgehead atoms. The number of allylic oxidation sites excluding steroid dienone is 4. The Morgan fingerprint density at radius 3 is 1.61 bits per heavy atom. The number of fused-ring (bicyclic) bond motifs is 13. The third-order valence-electron chi connectivity index (χ3n) is 14.1. The minimum atomic E-state index is -0.490. The van der Waals surface area contributed by atoms with Gasteiger partial charge in [-0.25, -0.2) is 0 Å². The van der Waals surface area contributed by atoms with E-state index in [2.05, 4.69) is 207 Å². The molecular weight excluding hydrogens is 689 g/mol. The number of para-hydroxylation sites is 3. The van der Waals surface area contributed by atoms with Crippen LogP contribution in [-0.4, -0.2) is 0 Å². The lowest BCUT2D eigenvalue weighted by Gasteiger charge is -2.45. The van der Waals surface area contributed by atoms with Crippen LogP contribution >= 0.6 is 0 Å². The van der Waals surface area contributed by atoms with E-state index >= 15 is 0 Å². The van der Waals surface area contributed by atoms with Crippen LogP contribution in [0.15, 0.2) is 181 Å². The Morgan fingerprint density at radius 2 is 0.930 bits per heavy atom. The fourth-order valence-corrected chi connectivity index (χ4v) is 11.6. The molecule has 0 fully saturated rings. The van der Waals surface area contributed by atoms with Gasteiger partial charge in [0.05, 0.1) is 22.5 Å². The summed E-state index contributed by atoms with van der Waals surface area (Å²) in [7, 11) is 0. The zero-order chi connectivity index (χ0) is 38.3. The Balaban J connectivity index is 1.15. The van der Waals surface area contributed by atoms with Crippen molar-refractivity contribution >= 4 is 28.4 Å². The van der Waals surface area contributed by atoms with Crippen molar-refractivity contribution in [2.75, 3.05) is 9.80 Å². The molecule has 0 N–H and O–H groups in total. The summed E-state index contributed by atoms with van der Waals surface area (Å²) >= 11 is 0. The van der Waals surface area contributed by atoms with E-state index in [9.17, 15) is 0 Å². The molecule has 1 spiro atoms. The molecule has 2 heteroatoms. The normalized spacial score (nSPS) is 19.6. The van der Waals surface area contributed by atoms with Crippen LogP contribution in [0.4, 0.5) is 28.4 Å². The van der Waals surface area contributed by atoms with E-state index in [1.165, 1.54) is 101 Å². The van der Waals surface area contributed by atoms with Gasteiger partial charge < -0.3 is 9.80 Å². The summed E-state index contributed by atoms with van der Waals surface area (Å²) in [5.41, 5.74) is 23.2. The molecule has 2 nitrogen and oxygen atoms in total. The molecule has 0 aromatic heterocycles. The highest BCUT2D eigenvalue weighted by Gasteiger charge is 2.53. The standard InChI is InChI=1S/C55H44N2/c1-53(2)41-22-9-13-27-47(41)56(48-28-14-10-23-42(48)53)35-32-33-37-36-18-5-7-20-39(36)55(46(37)34-35)40-21-8-6-19-38(40)52-45(55)26-17-31-51(52)57-49-29-15-11-24-43(49)54(3,4)44-25-12-16-30-50(44)57/h5-15,17-29,31-34H,16,30H2,1-4H3. The fraction of sp³-hybridized carbons (Fsp3) is 0.164.